The van der Waals surface area contributed by atoms with E-state index in [1.165, 1.54) is 12.8 Å². The minimum atomic E-state index is 0.803. The third-order valence-corrected chi connectivity index (χ3v) is 3.57. The van der Waals surface area contributed by atoms with Gasteiger partial charge in [-0.15, -0.1) is 11.3 Å². The van der Waals surface area contributed by atoms with Gasteiger partial charge in [-0.05, 0) is 18.6 Å². The number of nitrogens with zero attached hydrogens (tertiary/aromatic N) is 2. The van der Waals surface area contributed by atoms with Gasteiger partial charge in [-0.3, -0.25) is 0 Å². The Balaban J connectivity index is 2.33. The van der Waals surface area contributed by atoms with Crippen LogP contribution in [-0.2, 0) is 0 Å². The maximum Gasteiger partial charge on any atom is 0.106 e. The second-order valence-electron chi connectivity index (χ2n) is 3.97. The van der Waals surface area contributed by atoms with Crippen LogP contribution in [-0.4, -0.2) is 18.6 Å². The Kier molecular flexibility index (Phi) is 3.29. The van der Waals surface area contributed by atoms with Crippen molar-refractivity contribution in [3.8, 4) is 0 Å². The van der Waals surface area contributed by atoms with Crippen LogP contribution < -0.4 is 10.6 Å². The van der Waals surface area contributed by atoms with Gasteiger partial charge in [-0.2, -0.15) is 0 Å². The lowest BCUT2D eigenvalue weighted by molar-refractivity contribution is 0.767. The predicted molar refractivity (Wildman–Crippen MR) is 72.2 cm³/mol. The first-order valence-corrected chi connectivity index (χ1v) is 6.44. The van der Waals surface area contributed by atoms with Crippen molar-refractivity contribution in [3.63, 3.8) is 0 Å². The summed E-state index contributed by atoms with van der Waals surface area (Å²) in [5.74, 6) is 0. The normalized spacial score (nSPS) is 10.9. The lowest BCUT2D eigenvalue weighted by Crippen LogP contribution is -2.19. The van der Waals surface area contributed by atoms with Gasteiger partial charge < -0.3 is 10.6 Å². The van der Waals surface area contributed by atoms with Crippen molar-refractivity contribution in [1.82, 2.24) is 4.98 Å². The van der Waals surface area contributed by atoms with Gasteiger partial charge in [0.05, 0.1) is 21.6 Å². The molecule has 0 spiro atoms. The zero-order chi connectivity index (χ0) is 11.5. The topological polar surface area (TPSA) is 42.2 Å². The van der Waals surface area contributed by atoms with Gasteiger partial charge in [0, 0.05) is 13.6 Å². The van der Waals surface area contributed by atoms with Crippen LogP contribution in [0.4, 0.5) is 11.4 Å². The highest BCUT2D eigenvalue weighted by Crippen LogP contribution is 2.31. The summed E-state index contributed by atoms with van der Waals surface area (Å²) in [7, 11) is 2.08. The summed E-state index contributed by atoms with van der Waals surface area (Å²) in [6.07, 6.45) is 2.38. The molecule has 2 N–H and O–H groups in total. The zero-order valence-electron chi connectivity index (χ0n) is 9.73. The maximum absolute atomic E-state index is 6.14. The molecular weight excluding hydrogens is 218 g/mol. The van der Waals surface area contributed by atoms with Crippen molar-refractivity contribution >= 4 is 32.9 Å². The van der Waals surface area contributed by atoms with Crippen LogP contribution >= 0.6 is 11.3 Å². The first kappa shape index (κ1) is 11.2. The number of nitrogens with two attached hydrogens (primary N) is 1. The molecule has 0 aliphatic carbocycles. The summed E-state index contributed by atoms with van der Waals surface area (Å²) < 4.78 is 1.16. The average molecular weight is 235 g/mol. The molecule has 0 aliphatic heterocycles. The summed E-state index contributed by atoms with van der Waals surface area (Å²) in [6, 6.07) is 4.19. The van der Waals surface area contributed by atoms with Crippen molar-refractivity contribution in [3.05, 3.63) is 17.6 Å². The first-order chi connectivity index (χ1) is 7.74. The molecule has 0 saturated heterocycles. The van der Waals surface area contributed by atoms with Gasteiger partial charge in [-0.25, -0.2) is 4.98 Å². The molecule has 2 rings (SSSR count). The van der Waals surface area contributed by atoms with E-state index in [0.29, 0.717) is 0 Å². The quantitative estimate of drug-likeness (QED) is 0.828. The molecule has 16 heavy (non-hydrogen) atoms. The third-order valence-electron chi connectivity index (χ3n) is 2.78. The third kappa shape index (κ3) is 1.97. The summed E-state index contributed by atoms with van der Waals surface area (Å²) in [6.45, 7) is 3.23. The molecule has 86 valence electrons. The molecule has 3 nitrogen and oxygen atoms in total. The summed E-state index contributed by atoms with van der Waals surface area (Å²) in [4.78, 5) is 6.51. The molecule has 1 aromatic heterocycles. The van der Waals surface area contributed by atoms with Crippen molar-refractivity contribution in [2.75, 3.05) is 24.2 Å². The smallest absolute Gasteiger partial charge is 0.106 e. The monoisotopic (exact) mass is 235 g/mol. The first-order valence-electron chi connectivity index (χ1n) is 5.57. The number of benzene rings is 1. The number of nitrogen functional groups attached to an aromatic ring is 1. The lowest BCUT2D eigenvalue weighted by atomic mass is 10.2. The van der Waals surface area contributed by atoms with Crippen LogP contribution in [0.3, 0.4) is 0 Å². The van der Waals surface area contributed by atoms with E-state index in [1.54, 1.807) is 11.3 Å². The van der Waals surface area contributed by atoms with Gasteiger partial charge >= 0.3 is 0 Å². The van der Waals surface area contributed by atoms with Crippen LogP contribution in [0.15, 0.2) is 17.6 Å². The molecule has 4 heteroatoms. The number of anilines is 2. The molecule has 1 aromatic carbocycles. The Morgan fingerprint density at radius 3 is 3.00 bits per heavy atom. The van der Waals surface area contributed by atoms with E-state index in [1.807, 2.05) is 5.51 Å². The predicted octanol–water partition coefficient (Wildman–Crippen LogP) is 3.11. The molecule has 0 atom stereocenters. The molecule has 0 saturated carbocycles. The summed E-state index contributed by atoms with van der Waals surface area (Å²) in [5.41, 5.74) is 10.8. The molecule has 0 radical (unpaired) electrons. The molecular formula is C12H17N3S. The van der Waals surface area contributed by atoms with E-state index in [0.717, 1.165) is 28.1 Å². The van der Waals surface area contributed by atoms with Crippen LogP contribution in [0.1, 0.15) is 19.8 Å². The highest BCUT2D eigenvalue weighted by atomic mass is 32.1. The van der Waals surface area contributed by atoms with Gasteiger partial charge in [0.15, 0.2) is 0 Å². The Morgan fingerprint density at radius 1 is 1.44 bits per heavy atom. The second-order valence-corrected chi connectivity index (χ2v) is 4.86. The summed E-state index contributed by atoms with van der Waals surface area (Å²) >= 11 is 1.63. The minimum absolute atomic E-state index is 0.803. The Hall–Kier alpha value is -1.29. The Morgan fingerprint density at radius 2 is 2.25 bits per heavy atom. The highest BCUT2D eigenvalue weighted by molar-refractivity contribution is 7.16. The van der Waals surface area contributed by atoms with Crippen LogP contribution in [0.25, 0.3) is 10.2 Å². The fourth-order valence-corrected chi connectivity index (χ4v) is 2.48. The van der Waals surface area contributed by atoms with Gasteiger partial charge in [0.25, 0.3) is 0 Å². The van der Waals surface area contributed by atoms with Crippen molar-refractivity contribution < 1.29 is 0 Å². The van der Waals surface area contributed by atoms with Crippen molar-refractivity contribution in [1.29, 1.82) is 0 Å². The Bertz CT molecular complexity index is 478. The van der Waals surface area contributed by atoms with Crippen LogP contribution in [0, 0.1) is 0 Å². The minimum Gasteiger partial charge on any atom is -0.395 e. The molecule has 0 unspecified atom stereocenters. The van der Waals surface area contributed by atoms with Crippen LogP contribution in [0.2, 0.25) is 0 Å². The number of rotatable bonds is 4. The Labute approximate surface area is 99.9 Å². The average Bonchev–Trinajstić information content (AvgIpc) is 2.75. The SMILES string of the molecule is CCCCN(C)c1ccc2scnc2c1N. The second kappa shape index (κ2) is 4.70. The van der Waals surface area contributed by atoms with Crippen LogP contribution in [0.5, 0.6) is 0 Å². The number of unbranched alkanes of at least 4 members (excludes halogenated alkanes) is 1. The summed E-state index contributed by atoms with van der Waals surface area (Å²) in [5, 5.41) is 0. The molecule has 0 fully saturated rings. The fraction of sp³-hybridized carbons (Fsp3) is 0.417. The number of thiazole rings is 1. The highest BCUT2D eigenvalue weighted by Gasteiger charge is 2.09. The van der Waals surface area contributed by atoms with Crippen molar-refractivity contribution in [2.24, 2.45) is 0 Å². The van der Waals surface area contributed by atoms with E-state index < -0.39 is 0 Å². The number of aromatic nitrogens is 1. The van der Waals surface area contributed by atoms with Gasteiger partial charge in [-0.1, -0.05) is 13.3 Å². The van der Waals surface area contributed by atoms with Gasteiger partial charge in [0.1, 0.15) is 5.52 Å². The van der Waals surface area contributed by atoms with Gasteiger partial charge in [0.2, 0.25) is 0 Å². The molecule has 1 heterocycles. The standard InChI is InChI=1S/C12H17N3S/c1-3-4-7-15(2)9-5-6-10-12(11(9)13)14-8-16-10/h5-6,8H,3-4,7,13H2,1-2H3. The lowest BCUT2D eigenvalue weighted by Gasteiger charge is -2.20. The van der Waals surface area contributed by atoms with E-state index in [-0.39, 0.29) is 0 Å². The van der Waals surface area contributed by atoms with E-state index in [2.05, 4.69) is 36.0 Å². The largest absolute Gasteiger partial charge is 0.395 e. The number of fused-ring (bicyclic) bond motifs is 1. The maximum atomic E-state index is 6.14. The number of hydrogen-bond acceptors (Lipinski definition) is 4. The van der Waals surface area contributed by atoms with E-state index >= 15 is 0 Å². The fourth-order valence-electron chi connectivity index (χ4n) is 1.79. The van der Waals surface area contributed by atoms with E-state index in [4.69, 9.17) is 5.73 Å². The number of hydrogen-bond donors (Lipinski definition) is 1. The van der Waals surface area contributed by atoms with Crippen molar-refractivity contribution in [2.45, 2.75) is 19.8 Å². The molecule has 0 amide bonds. The molecule has 0 bridgehead atoms. The van der Waals surface area contributed by atoms with E-state index in [9.17, 15) is 0 Å². The molecule has 2 aromatic rings. The zero-order valence-corrected chi connectivity index (χ0v) is 10.5. The molecule has 0 aliphatic rings.